The van der Waals surface area contributed by atoms with Gasteiger partial charge in [0.25, 0.3) is 5.91 Å². The van der Waals surface area contributed by atoms with E-state index in [0.29, 0.717) is 71.5 Å². The molecule has 260 valence electrons. The van der Waals surface area contributed by atoms with Crippen LogP contribution in [0.5, 0.6) is 11.5 Å². The van der Waals surface area contributed by atoms with Gasteiger partial charge in [-0.25, -0.2) is 4.98 Å². The molecule has 1 aliphatic rings. The van der Waals surface area contributed by atoms with Crippen LogP contribution in [0.1, 0.15) is 74.9 Å². The second-order valence-electron chi connectivity index (χ2n) is 14.4. The summed E-state index contributed by atoms with van der Waals surface area (Å²) in [5, 5.41) is 10.2. The normalized spacial score (nSPS) is 14.2. The lowest BCUT2D eigenvalue weighted by Gasteiger charge is -2.36. The molecule has 10 nitrogen and oxygen atoms in total. The molecule has 1 aliphatic heterocycles. The van der Waals surface area contributed by atoms with Crippen LogP contribution >= 0.6 is 0 Å². The molecular weight excluding hydrogens is 637 g/mol. The number of aromatic nitrogens is 2. The van der Waals surface area contributed by atoms with E-state index >= 15 is 0 Å². The number of methoxy groups -OCH3 is 1. The molecule has 4 aromatic rings. The number of hydrogen-bond donors (Lipinski definition) is 0. The van der Waals surface area contributed by atoms with Gasteiger partial charge < -0.3 is 28.0 Å². The van der Waals surface area contributed by atoms with E-state index in [9.17, 15) is 10.1 Å². The van der Waals surface area contributed by atoms with E-state index in [1.165, 1.54) is 0 Å². The number of nitriles is 1. The number of furan rings is 1. The van der Waals surface area contributed by atoms with Gasteiger partial charge in [0.1, 0.15) is 34.9 Å². The number of amides is 1. The molecule has 0 bridgehead atoms. The Balaban J connectivity index is 1.44. The lowest BCUT2D eigenvalue weighted by Crippen LogP contribution is -2.43. The molecule has 49 heavy (non-hydrogen) atoms. The zero-order chi connectivity index (χ0) is 35.5. The smallest absolute Gasteiger partial charge is 0.255 e. The Morgan fingerprint density at radius 1 is 1.10 bits per heavy atom. The predicted octanol–water partition coefficient (Wildman–Crippen LogP) is 8.21. The highest BCUT2D eigenvalue weighted by Crippen LogP contribution is 2.41. The summed E-state index contributed by atoms with van der Waals surface area (Å²) in [6.07, 6.45) is 5.00. The first-order valence-electron chi connectivity index (χ1n) is 16.9. The van der Waals surface area contributed by atoms with Gasteiger partial charge in [0.05, 0.1) is 38.1 Å². The van der Waals surface area contributed by atoms with E-state index in [1.807, 2.05) is 30.5 Å². The Morgan fingerprint density at radius 2 is 1.84 bits per heavy atom. The van der Waals surface area contributed by atoms with Crippen molar-refractivity contribution in [2.75, 3.05) is 40.5 Å². The molecular formula is C38H48N4O6Si. The van der Waals surface area contributed by atoms with Crippen molar-refractivity contribution in [2.45, 2.75) is 77.6 Å². The van der Waals surface area contributed by atoms with E-state index in [0.717, 1.165) is 29.5 Å². The Labute approximate surface area is 290 Å². The summed E-state index contributed by atoms with van der Waals surface area (Å²) in [6.45, 7) is 17.4. The number of likely N-dealkylation sites (N-methyl/N-ethyl adjacent to an activating group) is 1. The van der Waals surface area contributed by atoms with Crippen LogP contribution in [-0.4, -0.2) is 75.7 Å². The number of pyridine rings is 2. The van der Waals surface area contributed by atoms with Gasteiger partial charge in [0, 0.05) is 50.5 Å². The number of nitrogens with zero attached hydrogens (tertiary/aromatic N) is 4. The monoisotopic (exact) mass is 684 g/mol. The summed E-state index contributed by atoms with van der Waals surface area (Å²) >= 11 is 0. The van der Waals surface area contributed by atoms with E-state index < -0.39 is 8.32 Å². The number of carbonyl (C=O) groups is 1. The molecule has 5 rings (SSSR count). The lowest BCUT2D eigenvalue weighted by atomic mass is 9.92. The van der Waals surface area contributed by atoms with Crippen molar-refractivity contribution in [3.63, 3.8) is 0 Å². The SMILES string of the molecule is COc1cc(C(=O)N(C)CCO[Si](C)(C)C(C)(C)C)cnc1-c1cc2ncc(C(C)C)c(-c3ccc(OC4CCOCC4)c(C#N)c3)c2o1. The van der Waals surface area contributed by atoms with Crippen molar-refractivity contribution in [3.05, 3.63) is 59.4 Å². The largest absolute Gasteiger partial charge is 0.494 e. The molecule has 0 aliphatic carbocycles. The number of rotatable bonds is 11. The maximum absolute atomic E-state index is 13.4. The van der Waals surface area contributed by atoms with Crippen LogP contribution in [0.3, 0.4) is 0 Å². The summed E-state index contributed by atoms with van der Waals surface area (Å²) in [7, 11) is 1.38. The maximum atomic E-state index is 13.4. The molecule has 0 spiro atoms. The fraction of sp³-hybridized carbons (Fsp3) is 0.474. The van der Waals surface area contributed by atoms with Crippen LogP contribution in [-0.2, 0) is 9.16 Å². The molecule has 3 aromatic heterocycles. The van der Waals surface area contributed by atoms with E-state index in [1.54, 1.807) is 31.3 Å². The number of carbonyl (C=O) groups excluding carboxylic acids is 1. The Kier molecular flexibility index (Phi) is 10.8. The van der Waals surface area contributed by atoms with Crippen molar-refractivity contribution in [1.29, 1.82) is 5.26 Å². The second kappa shape index (κ2) is 14.7. The molecule has 1 fully saturated rings. The number of benzene rings is 1. The van der Waals surface area contributed by atoms with Gasteiger partial charge in [-0.2, -0.15) is 5.26 Å². The standard InChI is InChI=1S/C38H48N4O6Si/c1-24(2)29-23-40-30-20-33(48-36(30)34(29)25-10-11-31(26(18-25)21-39)47-28-12-15-45-16-13-28)35-32(44-7)19-27(22-41-35)37(43)42(6)14-17-46-49(8,9)38(3,4)5/h10-11,18-20,22-24,28H,12-17H2,1-9H3. The Morgan fingerprint density at radius 3 is 2.49 bits per heavy atom. The van der Waals surface area contributed by atoms with Crippen LogP contribution in [0.2, 0.25) is 18.1 Å². The van der Waals surface area contributed by atoms with Crippen molar-refractivity contribution in [3.8, 4) is 40.1 Å². The molecule has 1 saturated heterocycles. The minimum Gasteiger partial charge on any atom is -0.494 e. The highest BCUT2D eigenvalue weighted by molar-refractivity contribution is 6.74. The first-order chi connectivity index (χ1) is 23.2. The fourth-order valence-corrected chi connectivity index (χ4v) is 6.61. The summed E-state index contributed by atoms with van der Waals surface area (Å²) in [5.41, 5.74) is 5.19. The predicted molar refractivity (Wildman–Crippen MR) is 193 cm³/mol. The molecule has 0 atom stereocenters. The molecule has 1 amide bonds. The Hall–Kier alpha value is -4.24. The quantitative estimate of drug-likeness (QED) is 0.144. The Bertz CT molecular complexity index is 1850. The van der Waals surface area contributed by atoms with Crippen molar-refractivity contribution in [2.24, 2.45) is 0 Å². The fourth-order valence-electron chi connectivity index (χ4n) is 5.57. The number of ether oxygens (including phenoxy) is 3. The van der Waals surface area contributed by atoms with Gasteiger partial charge in [-0.05, 0) is 53.4 Å². The number of hydrogen-bond acceptors (Lipinski definition) is 9. The van der Waals surface area contributed by atoms with Gasteiger partial charge in [-0.3, -0.25) is 9.78 Å². The van der Waals surface area contributed by atoms with Gasteiger partial charge in [0.15, 0.2) is 19.7 Å². The van der Waals surface area contributed by atoms with Crippen LogP contribution in [0.4, 0.5) is 0 Å². The highest BCUT2D eigenvalue weighted by atomic mass is 28.4. The van der Waals surface area contributed by atoms with Gasteiger partial charge in [-0.15, -0.1) is 0 Å². The summed E-state index contributed by atoms with van der Waals surface area (Å²) in [5.74, 6) is 1.38. The van der Waals surface area contributed by atoms with E-state index in [2.05, 4.69) is 58.8 Å². The van der Waals surface area contributed by atoms with Crippen molar-refractivity contribution in [1.82, 2.24) is 14.9 Å². The maximum Gasteiger partial charge on any atom is 0.255 e. The summed E-state index contributed by atoms with van der Waals surface area (Å²) in [4.78, 5) is 24.4. The van der Waals surface area contributed by atoms with Crippen molar-refractivity contribution < 1.29 is 27.8 Å². The first-order valence-corrected chi connectivity index (χ1v) is 19.8. The first kappa shape index (κ1) is 36.0. The molecule has 0 saturated carbocycles. The van der Waals surface area contributed by atoms with E-state index in [-0.39, 0.29) is 23.0 Å². The van der Waals surface area contributed by atoms with Gasteiger partial charge in [-0.1, -0.05) is 40.7 Å². The third-order valence-electron chi connectivity index (χ3n) is 9.64. The summed E-state index contributed by atoms with van der Waals surface area (Å²) < 4.78 is 30.2. The third kappa shape index (κ3) is 7.82. The zero-order valence-corrected chi connectivity index (χ0v) is 31.2. The lowest BCUT2D eigenvalue weighted by molar-refractivity contribution is 0.0254. The van der Waals surface area contributed by atoms with Crippen LogP contribution in [0.15, 0.2) is 47.1 Å². The van der Waals surface area contributed by atoms with Crippen LogP contribution in [0.25, 0.3) is 33.7 Å². The molecule has 1 aromatic carbocycles. The van der Waals surface area contributed by atoms with E-state index in [4.69, 9.17) is 28.0 Å². The van der Waals surface area contributed by atoms with Crippen LogP contribution in [0, 0.1) is 11.3 Å². The average molecular weight is 685 g/mol. The minimum atomic E-state index is -1.92. The molecule has 0 unspecified atom stereocenters. The minimum absolute atomic E-state index is 0.0177. The topological polar surface area (TPSA) is 120 Å². The zero-order valence-electron chi connectivity index (χ0n) is 30.2. The van der Waals surface area contributed by atoms with Gasteiger partial charge in [0.2, 0.25) is 0 Å². The van der Waals surface area contributed by atoms with Crippen LogP contribution < -0.4 is 9.47 Å². The summed E-state index contributed by atoms with van der Waals surface area (Å²) in [6, 6.07) is 11.5. The molecule has 11 heteroatoms. The molecule has 4 heterocycles. The number of fused-ring (bicyclic) bond motifs is 1. The van der Waals surface area contributed by atoms with Crippen molar-refractivity contribution >= 4 is 25.3 Å². The highest BCUT2D eigenvalue weighted by Gasteiger charge is 2.37. The third-order valence-corrected chi connectivity index (χ3v) is 14.2. The second-order valence-corrected chi connectivity index (χ2v) is 19.2. The average Bonchev–Trinajstić information content (AvgIpc) is 3.51. The van der Waals surface area contributed by atoms with Gasteiger partial charge >= 0.3 is 0 Å². The molecule has 0 radical (unpaired) electrons. The molecule has 0 N–H and O–H groups in total.